The van der Waals surface area contributed by atoms with Crippen LogP contribution >= 0.6 is 11.3 Å². The summed E-state index contributed by atoms with van der Waals surface area (Å²) in [6.07, 6.45) is 4.26. The molecule has 108 valence electrons. The van der Waals surface area contributed by atoms with E-state index in [4.69, 9.17) is 4.42 Å². The molecular weight excluding hydrogens is 284 g/mol. The van der Waals surface area contributed by atoms with Gasteiger partial charge in [-0.1, -0.05) is 13.0 Å². The lowest BCUT2D eigenvalue weighted by Gasteiger charge is -2.09. The third-order valence-electron chi connectivity index (χ3n) is 3.20. The van der Waals surface area contributed by atoms with Gasteiger partial charge < -0.3 is 9.73 Å². The molecule has 0 aliphatic rings. The topological polar surface area (TPSA) is 63.8 Å². The second kappa shape index (κ2) is 6.05. The van der Waals surface area contributed by atoms with Crippen LogP contribution in [0.25, 0.3) is 11.5 Å². The zero-order chi connectivity index (χ0) is 14.7. The first kappa shape index (κ1) is 13.8. The lowest BCUT2D eigenvalue weighted by Crippen LogP contribution is -1.99. The number of hydrogen-bond acceptors (Lipinski definition) is 6. The van der Waals surface area contributed by atoms with E-state index >= 15 is 0 Å². The minimum Gasteiger partial charge on any atom is -0.423 e. The molecule has 0 atom stereocenters. The smallest absolute Gasteiger partial charge is 0.247 e. The Labute approximate surface area is 127 Å². The summed E-state index contributed by atoms with van der Waals surface area (Å²) < 4.78 is 5.24. The highest BCUT2D eigenvalue weighted by atomic mass is 32.1. The van der Waals surface area contributed by atoms with Gasteiger partial charge in [0.1, 0.15) is 0 Å². The normalized spacial score (nSPS) is 10.8. The third kappa shape index (κ3) is 3.11. The molecule has 2 aromatic heterocycles. The Balaban J connectivity index is 1.76. The van der Waals surface area contributed by atoms with Gasteiger partial charge in [0.15, 0.2) is 0 Å². The number of nitrogens with one attached hydrogen (secondary N) is 1. The van der Waals surface area contributed by atoms with Crippen LogP contribution < -0.4 is 5.32 Å². The first-order chi connectivity index (χ1) is 10.3. The summed E-state index contributed by atoms with van der Waals surface area (Å²) in [5, 5.41) is 12.3. The predicted molar refractivity (Wildman–Crippen MR) is 83.3 cm³/mol. The van der Waals surface area contributed by atoms with E-state index in [1.807, 2.05) is 24.4 Å². The molecule has 0 bridgehead atoms. The number of anilines is 1. The van der Waals surface area contributed by atoms with Crippen LogP contribution in [-0.4, -0.2) is 15.2 Å². The molecule has 2 heterocycles. The summed E-state index contributed by atoms with van der Waals surface area (Å²) in [6, 6.07) is 6.06. The molecule has 0 fully saturated rings. The Morgan fingerprint density at radius 1 is 1.33 bits per heavy atom. The molecule has 21 heavy (non-hydrogen) atoms. The summed E-state index contributed by atoms with van der Waals surface area (Å²) in [6.45, 7) is 4.96. The van der Waals surface area contributed by atoms with Crippen LogP contribution in [0.3, 0.4) is 0 Å². The van der Waals surface area contributed by atoms with E-state index in [0.717, 1.165) is 24.2 Å². The highest BCUT2D eigenvalue weighted by Gasteiger charge is 2.07. The first-order valence-electron chi connectivity index (χ1n) is 6.81. The molecule has 1 N–H and O–H groups in total. The number of aryl methyl sites for hydroxylation is 2. The van der Waals surface area contributed by atoms with Crippen molar-refractivity contribution < 1.29 is 4.42 Å². The van der Waals surface area contributed by atoms with Crippen molar-refractivity contribution in [1.82, 2.24) is 15.2 Å². The molecular formula is C15H16N4OS. The zero-order valence-corrected chi connectivity index (χ0v) is 12.8. The maximum atomic E-state index is 5.24. The number of aromatic nitrogens is 3. The Bertz CT molecular complexity index is 721. The van der Waals surface area contributed by atoms with E-state index in [1.54, 1.807) is 11.3 Å². The fraction of sp³-hybridized carbons (Fsp3) is 0.267. The Hall–Kier alpha value is -2.21. The average molecular weight is 300 g/mol. The van der Waals surface area contributed by atoms with Crippen LogP contribution in [0.4, 0.5) is 5.69 Å². The summed E-state index contributed by atoms with van der Waals surface area (Å²) in [5.41, 5.74) is 3.16. The van der Waals surface area contributed by atoms with Crippen molar-refractivity contribution in [1.29, 1.82) is 0 Å². The highest BCUT2D eigenvalue weighted by molar-refractivity contribution is 7.11. The van der Waals surface area contributed by atoms with Gasteiger partial charge >= 0.3 is 0 Å². The second-order valence-corrected chi connectivity index (χ2v) is 5.90. The van der Waals surface area contributed by atoms with Crippen molar-refractivity contribution in [2.45, 2.75) is 26.8 Å². The Morgan fingerprint density at radius 2 is 2.24 bits per heavy atom. The molecule has 5 nitrogen and oxygen atoms in total. The maximum Gasteiger partial charge on any atom is 0.247 e. The van der Waals surface area contributed by atoms with Crippen molar-refractivity contribution in [3.8, 4) is 11.5 Å². The number of thiazole rings is 1. The van der Waals surface area contributed by atoms with Crippen LogP contribution in [0.15, 0.2) is 35.2 Å². The number of benzene rings is 1. The van der Waals surface area contributed by atoms with Crippen molar-refractivity contribution in [3.63, 3.8) is 0 Å². The van der Waals surface area contributed by atoms with E-state index in [-0.39, 0.29) is 0 Å². The van der Waals surface area contributed by atoms with Crippen LogP contribution in [0.5, 0.6) is 0 Å². The minimum atomic E-state index is 0.532. The SMILES string of the molecule is CCc1ncc(CNc2cc(-c3nnco3)ccc2C)s1. The quantitative estimate of drug-likeness (QED) is 0.778. The first-order valence-corrected chi connectivity index (χ1v) is 7.62. The fourth-order valence-corrected chi connectivity index (χ4v) is 2.82. The summed E-state index contributed by atoms with van der Waals surface area (Å²) in [7, 11) is 0. The van der Waals surface area contributed by atoms with Gasteiger partial charge in [0.25, 0.3) is 0 Å². The van der Waals surface area contributed by atoms with Crippen molar-refractivity contribution in [2.75, 3.05) is 5.32 Å². The predicted octanol–water partition coefficient (Wildman–Crippen LogP) is 3.68. The van der Waals surface area contributed by atoms with Gasteiger partial charge in [0, 0.05) is 22.3 Å². The van der Waals surface area contributed by atoms with Crippen molar-refractivity contribution >= 4 is 17.0 Å². The van der Waals surface area contributed by atoms with Crippen molar-refractivity contribution in [2.24, 2.45) is 0 Å². The third-order valence-corrected chi connectivity index (χ3v) is 4.34. The summed E-state index contributed by atoms with van der Waals surface area (Å²) >= 11 is 1.75. The van der Waals surface area contributed by atoms with E-state index < -0.39 is 0 Å². The maximum absolute atomic E-state index is 5.24. The van der Waals surface area contributed by atoms with Crippen LogP contribution in [-0.2, 0) is 13.0 Å². The molecule has 3 rings (SSSR count). The van der Waals surface area contributed by atoms with Crippen LogP contribution in [0.1, 0.15) is 22.4 Å². The van der Waals surface area contributed by atoms with Crippen LogP contribution in [0, 0.1) is 6.92 Å². The molecule has 0 spiro atoms. The Kier molecular flexibility index (Phi) is 3.96. The highest BCUT2D eigenvalue weighted by Crippen LogP contribution is 2.25. The van der Waals surface area contributed by atoms with Gasteiger partial charge in [-0.25, -0.2) is 4.98 Å². The molecule has 0 amide bonds. The number of hydrogen-bond donors (Lipinski definition) is 1. The molecule has 0 aliphatic carbocycles. The van der Waals surface area contributed by atoms with Gasteiger partial charge in [-0.15, -0.1) is 21.5 Å². The molecule has 0 aliphatic heterocycles. The van der Waals surface area contributed by atoms with Gasteiger partial charge in [0.2, 0.25) is 12.3 Å². The van der Waals surface area contributed by atoms with Crippen molar-refractivity contribution in [3.05, 3.63) is 46.2 Å². The Morgan fingerprint density at radius 3 is 2.95 bits per heavy atom. The monoisotopic (exact) mass is 300 g/mol. The number of nitrogens with zero attached hydrogens (tertiary/aromatic N) is 3. The van der Waals surface area contributed by atoms with E-state index in [9.17, 15) is 0 Å². The van der Waals surface area contributed by atoms with Gasteiger partial charge in [0.05, 0.1) is 11.6 Å². The van der Waals surface area contributed by atoms with E-state index in [1.165, 1.54) is 21.8 Å². The average Bonchev–Trinajstić information content (AvgIpc) is 3.18. The second-order valence-electron chi connectivity index (χ2n) is 4.70. The molecule has 1 aromatic carbocycles. The molecule has 0 saturated heterocycles. The van der Waals surface area contributed by atoms with E-state index in [2.05, 4.69) is 34.3 Å². The lowest BCUT2D eigenvalue weighted by atomic mass is 10.1. The fourth-order valence-electron chi connectivity index (χ4n) is 2.02. The lowest BCUT2D eigenvalue weighted by molar-refractivity contribution is 0.568. The minimum absolute atomic E-state index is 0.532. The number of rotatable bonds is 5. The van der Waals surface area contributed by atoms with Gasteiger partial charge in [-0.2, -0.15) is 0 Å². The largest absolute Gasteiger partial charge is 0.423 e. The molecule has 0 radical (unpaired) electrons. The van der Waals surface area contributed by atoms with Gasteiger partial charge in [-0.05, 0) is 31.0 Å². The molecule has 6 heteroatoms. The van der Waals surface area contributed by atoms with Gasteiger partial charge in [-0.3, -0.25) is 0 Å². The standard InChI is InChI=1S/C15H16N4OS/c1-3-14-17-8-12(21-14)7-16-13-6-11(5-4-10(13)2)15-19-18-9-20-15/h4-6,8-9,16H,3,7H2,1-2H3. The zero-order valence-electron chi connectivity index (χ0n) is 12.0. The molecule has 0 saturated carbocycles. The van der Waals surface area contributed by atoms with E-state index in [0.29, 0.717) is 5.89 Å². The molecule has 3 aromatic rings. The summed E-state index contributed by atoms with van der Waals surface area (Å²) in [5.74, 6) is 0.532. The summed E-state index contributed by atoms with van der Waals surface area (Å²) in [4.78, 5) is 5.60. The molecule has 0 unspecified atom stereocenters. The van der Waals surface area contributed by atoms with Crippen LogP contribution in [0.2, 0.25) is 0 Å².